The van der Waals surface area contributed by atoms with Gasteiger partial charge in [-0.2, -0.15) is 22.0 Å². The number of sulfonamides is 1. The van der Waals surface area contributed by atoms with Gasteiger partial charge in [-0.05, 0) is 41.8 Å². The second-order valence-corrected chi connectivity index (χ2v) is 9.03. The number of phenolic OH excluding ortho intramolecular Hbond substituents is 1. The quantitative estimate of drug-likeness (QED) is 0.225. The first-order valence-electron chi connectivity index (χ1n) is 10.1. The lowest BCUT2D eigenvalue weighted by molar-refractivity contribution is -0.192. The molecule has 2 rings (SSSR count). The Morgan fingerprint density at radius 2 is 1.61 bits per heavy atom. The molecule has 1 unspecified atom stereocenters. The first-order valence-corrected chi connectivity index (χ1v) is 12.0. The van der Waals surface area contributed by atoms with E-state index < -0.39 is 34.9 Å². The molecule has 15 heteroatoms. The van der Waals surface area contributed by atoms with Gasteiger partial charge in [-0.15, -0.1) is 0 Å². The molecule has 0 aliphatic heterocycles. The summed E-state index contributed by atoms with van der Waals surface area (Å²) in [7, 11) is -3.58. The zero-order valence-electron chi connectivity index (χ0n) is 19.0. The second kappa shape index (κ2) is 13.2. The van der Waals surface area contributed by atoms with Gasteiger partial charge < -0.3 is 25.4 Å². The average molecular weight is 544 g/mol. The molecule has 0 heterocycles. The number of hydrogen-bond donors (Lipinski definition) is 5. The zero-order valence-corrected chi connectivity index (χ0v) is 19.8. The summed E-state index contributed by atoms with van der Waals surface area (Å²) in [5.74, 6) is -2.95. The molecule has 9 nitrogen and oxygen atoms in total. The Kier molecular flexibility index (Phi) is 11.3. The molecule has 0 fully saturated rings. The summed E-state index contributed by atoms with van der Waals surface area (Å²) in [6.45, 7) is -0.803. The number of phenols is 1. The van der Waals surface area contributed by atoms with Crippen LogP contribution in [0.4, 0.5) is 27.6 Å². The maximum absolute atomic E-state index is 12.2. The molecule has 0 amide bonds. The van der Waals surface area contributed by atoms with Gasteiger partial charge >= 0.3 is 18.8 Å². The molecule has 0 aliphatic rings. The molecule has 0 spiro atoms. The van der Waals surface area contributed by atoms with Crippen LogP contribution in [0.5, 0.6) is 11.5 Å². The van der Waals surface area contributed by atoms with E-state index in [-0.39, 0.29) is 29.8 Å². The van der Waals surface area contributed by atoms with Crippen molar-refractivity contribution in [2.45, 2.75) is 38.3 Å². The van der Waals surface area contributed by atoms with Crippen molar-refractivity contribution in [2.24, 2.45) is 0 Å². The van der Waals surface area contributed by atoms with Crippen LogP contribution in [0.3, 0.4) is 0 Å². The molecule has 36 heavy (non-hydrogen) atoms. The number of ether oxygens (including phenoxy) is 1. The van der Waals surface area contributed by atoms with Crippen LogP contribution in [0, 0.1) is 0 Å². The van der Waals surface area contributed by atoms with Crippen molar-refractivity contribution < 1.29 is 55.2 Å². The highest BCUT2D eigenvalue weighted by Crippen LogP contribution is 2.28. The van der Waals surface area contributed by atoms with Crippen molar-refractivity contribution in [3.8, 4) is 11.5 Å². The lowest BCUT2D eigenvalue weighted by Crippen LogP contribution is -2.26. The highest BCUT2D eigenvalue weighted by atomic mass is 32.2. The minimum absolute atomic E-state index is 0.0225. The van der Waals surface area contributed by atoms with Crippen LogP contribution in [-0.2, 0) is 14.8 Å². The van der Waals surface area contributed by atoms with Crippen molar-refractivity contribution in [3.05, 3.63) is 53.6 Å². The van der Waals surface area contributed by atoms with Crippen LogP contribution in [0.1, 0.15) is 36.6 Å². The van der Waals surface area contributed by atoms with E-state index in [2.05, 4.69) is 14.8 Å². The fourth-order valence-corrected chi connectivity index (χ4v) is 3.36. The molecular weight excluding hydrogens is 519 g/mol. The Morgan fingerprint density at radius 1 is 1.08 bits per heavy atom. The topological polar surface area (TPSA) is 145 Å². The molecule has 0 saturated heterocycles. The zero-order chi connectivity index (χ0) is 27.7. The maximum atomic E-state index is 12.2. The summed E-state index contributed by atoms with van der Waals surface area (Å²) in [6, 6.07) is 10.2. The lowest BCUT2D eigenvalue weighted by atomic mass is 10.0. The van der Waals surface area contributed by atoms with Gasteiger partial charge in [0, 0.05) is 12.6 Å². The Hall–Kier alpha value is -3.17. The molecule has 0 aliphatic carbocycles. The van der Waals surface area contributed by atoms with Gasteiger partial charge in [0.2, 0.25) is 10.0 Å². The van der Waals surface area contributed by atoms with E-state index in [9.17, 15) is 40.6 Å². The third-order valence-electron chi connectivity index (χ3n) is 4.42. The van der Waals surface area contributed by atoms with E-state index >= 15 is 0 Å². The van der Waals surface area contributed by atoms with Crippen molar-refractivity contribution in [1.29, 1.82) is 0 Å². The van der Waals surface area contributed by atoms with Crippen LogP contribution in [0.15, 0.2) is 42.5 Å². The number of benzene rings is 2. The predicted molar refractivity (Wildman–Crippen MR) is 119 cm³/mol. The van der Waals surface area contributed by atoms with Gasteiger partial charge in [0.25, 0.3) is 0 Å². The summed E-state index contributed by atoms with van der Waals surface area (Å²) in [5, 5.41) is 30.5. The van der Waals surface area contributed by atoms with Crippen LogP contribution < -0.4 is 14.8 Å². The summed E-state index contributed by atoms with van der Waals surface area (Å²) in [5.41, 5.74) is 1.23. The standard InChI is InChI=1S/C19H24F2N2O5S.C2HF3O2/c1-3-15(12-4-7-14(8-5-12)28-19(20)21)22-11-18(25)13-6-9-17(24)16(10-13)23-29(2,26)27;3-2(4,5)1(6)7/h4-10,15,18-19,22-25H,3,11H2,1-2H3;(H,6,7)/t15?,18-;/m0./s1. The summed E-state index contributed by atoms with van der Waals surface area (Å²) in [6.07, 6.45) is -4.41. The van der Waals surface area contributed by atoms with E-state index in [0.29, 0.717) is 12.0 Å². The van der Waals surface area contributed by atoms with E-state index in [0.717, 1.165) is 11.8 Å². The second-order valence-electron chi connectivity index (χ2n) is 7.29. The number of aliphatic carboxylic acids is 1. The van der Waals surface area contributed by atoms with Crippen molar-refractivity contribution in [1.82, 2.24) is 5.32 Å². The number of aromatic hydroxyl groups is 1. The van der Waals surface area contributed by atoms with Gasteiger partial charge in [0.15, 0.2) is 0 Å². The highest BCUT2D eigenvalue weighted by molar-refractivity contribution is 7.92. The van der Waals surface area contributed by atoms with E-state index in [4.69, 9.17) is 9.90 Å². The minimum atomic E-state index is -5.08. The number of halogens is 5. The number of carboxylic acid groups (broad SMARTS) is 1. The molecule has 2 atom stereocenters. The molecular formula is C21H25F5N2O7S. The van der Waals surface area contributed by atoms with Crippen LogP contribution >= 0.6 is 0 Å². The fraction of sp³-hybridized carbons (Fsp3) is 0.381. The van der Waals surface area contributed by atoms with Gasteiger partial charge in [0.05, 0.1) is 18.0 Å². The number of hydrogen-bond acceptors (Lipinski definition) is 7. The third kappa shape index (κ3) is 11.0. The van der Waals surface area contributed by atoms with Gasteiger partial charge in [-0.3, -0.25) is 4.72 Å². The van der Waals surface area contributed by atoms with E-state index in [1.54, 1.807) is 12.1 Å². The number of rotatable bonds is 10. The molecule has 0 aromatic heterocycles. The largest absolute Gasteiger partial charge is 0.506 e. The Labute approximate surface area is 203 Å². The summed E-state index contributed by atoms with van der Waals surface area (Å²) in [4.78, 5) is 8.90. The number of aliphatic hydroxyl groups is 1. The molecule has 2 aromatic rings. The number of carboxylic acids is 1. The Balaban J connectivity index is 0.000000809. The van der Waals surface area contributed by atoms with Gasteiger partial charge in [0.1, 0.15) is 11.5 Å². The first kappa shape index (κ1) is 30.9. The van der Waals surface area contributed by atoms with Crippen LogP contribution in [-0.4, -0.2) is 55.3 Å². The SMILES string of the molecule is CCC(NC[C@H](O)c1ccc(O)c(NS(C)(=O)=O)c1)c1ccc(OC(F)F)cc1.O=C(O)C(F)(F)F. The summed E-state index contributed by atoms with van der Waals surface area (Å²) < 4.78 is 85.5. The minimum Gasteiger partial charge on any atom is -0.506 e. The molecule has 0 saturated carbocycles. The number of alkyl halides is 5. The molecule has 2 aromatic carbocycles. The third-order valence-corrected chi connectivity index (χ3v) is 5.01. The monoisotopic (exact) mass is 544 g/mol. The number of carbonyl (C=O) groups is 1. The fourth-order valence-electron chi connectivity index (χ4n) is 2.79. The normalized spacial score (nSPS) is 13.4. The number of nitrogens with one attached hydrogen (secondary N) is 2. The van der Waals surface area contributed by atoms with Crippen molar-refractivity contribution in [3.63, 3.8) is 0 Å². The molecule has 0 radical (unpaired) electrons. The smallest absolute Gasteiger partial charge is 0.490 e. The van der Waals surface area contributed by atoms with Gasteiger partial charge in [-0.1, -0.05) is 25.1 Å². The first-order chi connectivity index (χ1) is 16.5. The summed E-state index contributed by atoms with van der Waals surface area (Å²) >= 11 is 0. The van der Waals surface area contributed by atoms with E-state index in [1.165, 1.54) is 30.3 Å². The maximum Gasteiger partial charge on any atom is 0.490 e. The van der Waals surface area contributed by atoms with Gasteiger partial charge in [-0.25, -0.2) is 13.2 Å². The lowest BCUT2D eigenvalue weighted by Gasteiger charge is -2.21. The Morgan fingerprint density at radius 3 is 2.06 bits per heavy atom. The molecule has 5 N–H and O–H groups in total. The highest BCUT2D eigenvalue weighted by Gasteiger charge is 2.38. The predicted octanol–water partition coefficient (Wildman–Crippen LogP) is 3.77. The number of aliphatic hydroxyl groups excluding tert-OH is 1. The van der Waals surface area contributed by atoms with E-state index in [1.807, 2.05) is 6.92 Å². The Bertz CT molecular complexity index is 1100. The van der Waals surface area contributed by atoms with Crippen molar-refractivity contribution in [2.75, 3.05) is 17.5 Å². The molecule has 0 bridgehead atoms. The van der Waals surface area contributed by atoms with Crippen LogP contribution in [0.2, 0.25) is 0 Å². The average Bonchev–Trinajstić information content (AvgIpc) is 2.75. The molecule has 202 valence electrons. The van der Waals surface area contributed by atoms with Crippen LogP contribution in [0.25, 0.3) is 0 Å². The van der Waals surface area contributed by atoms with Crippen molar-refractivity contribution >= 4 is 21.7 Å². The number of anilines is 1.